The summed E-state index contributed by atoms with van der Waals surface area (Å²) in [6.45, 7) is 4.37. The number of halogens is 1. The van der Waals surface area contributed by atoms with Gasteiger partial charge in [-0.15, -0.1) is 11.6 Å². The van der Waals surface area contributed by atoms with Gasteiger partial charge >= 0.3 is 5.97 Å². The predicted molar refractivity (Wildman–Crippen MR) is 73.0 cm³/mol. The largest absolute Gasteiger partial charge is 0.494 e. The number of ether oxygens (including phenoxy) is 2. The summed E-state index contributed by atoms with van der Waals surface area (Å²) in [5.74, 6) is -0.0349. The van der Waals surface area contributed by atoms with Gasteiger partial charge in [-0.1, -0.05) is 0 Å². The second-order valence-corrected chi connectivity index (χ2v) is 4.14. The van der Waals surface area contributed by atoms with Crippen LogP contribution < -0.4 is 4.74 Å². The molecule has 0 aromatic heterocycles. The molecule has 19 heavy (non-hydrogen) atoms. The first kappa shape index (κ1) is 15.5. The fourth-order valence-electron chi connectivity index (χ4n) is 1.62. The highest BCUT2D eigenvalue weighted by Gasteiger charge is 2.12. The molecule has 5 heteroatoms. The van der Waals surface area contributed by atoms with Crippen molar-refractivity contribution in [2.45, 2.75) is 20.3 Å². The Morgan fingerprint density at radius 3 is 2.47 bits per heavy atom. The molecule has 0 amide bonds. The maximum absolute atomic E-state index is 11.7. The summed E-state index contributed by atoms with van der Waals surface area (Å²) in [6.07, 6.45) is 0.177. The Morgan fingerprint density at radius 2 is 1.89 bits per heavy atom. The van der Waals surface area contributed by atoms with E-state index in [-0.39, 0.29) is 18.1 Å². The number of hydrogen-bond donors (Lipinski definition) is 0. The van der Waals surface area contributed by atoms with E-state index < -0.39 is 5.97 Å². The quantitative estimate of drug-likeness (QED) is 0.570. The molecule has 0 aliphatic rings. The SMILES string of the molecule is CCOC(=O)c1cc(CC(=O)CCl)cc(OCC)c1. The molecule has 104 valence electrons. The molecule has 0 aliphatic heterocycles. The third-order valence-electron chi connectivity index (χ3n) is 2.34. The monoisotopic (exact) mass is 284 g/mol. The summed E-state index contributed by atoms with van der Waals surface area (Å²) < 4.78 is 10.3. The number of ketones is 1. The highest BCUT2D eigenvalue weighted by Crippen LogP contribution is 2.19. The van der Waals surface area contributed by atoms with E-state index in [9.17, 15) is 9.59 Å². The predicted octanol–water partition coefficient (Wildman–Crippen LogP) is 2.61. The number of carbonyl (C=O) groups excluding carboxylic acids is 2. The van der Waals surface area contributed by atoms with E-state index in [0.29, 0.717) is 30.1 Å². The smallest absolute Gasteiger partial charge is 0.338 e. The van der Waals surface area contributed by atoms with Gasteiger partial charge in [-0.05, 0) is 37.6 Å². The number of esters is 1. The summed E-state index contributed by atoms with van der Waals surface area (Å²) in [5.41, 5.74) is 1.07. The lowest BCUT2D eigenvalue weighted by Gasteiger charge is -2.09. The highest BCUT2D eigenvalue weighted by molar-refractivity contribution is 6.27. The zero-order valence-electron chi connectivity index (χ0n) is 11.1. The van der Waals surface area contributed by atoms with Crippen molar-refractivity contribution >= 4 is 23.4 Å². The Morgan fingerprint density at radius 1 is 1.16 bits per heavy atom. The Kier molecular flexibility index (Phi) is 6.36. The van der Waals surface area contributed by atoms with Crippen LogP contribution >= 0.6 is 11.6 Å². The number of benzene rings is 1. The van der Waals surface area contributed by atoms with E-state index in [4.69, 9.17) is 21.1 Å². The summed E-state index contributed by atoms with van der Waals surface area (Å²) >= 11 is 5.48. The first-order chi connectivity index (χ1) is 9.10. The number of alkyl halides is 1. The van der Waals surface area contributed by atoms with Gasteiger partial charge in [-0.25, -0.2) is 4.79 Å². The Labute approximate surface area is 117 Å². The molecular weight excluding hydrogens is 268 g/mol. The molecule has 0 spiro atoms. The van der Waals surface area contributed by atoms with Crippen LogP contribution in [-0.2, 0) is 16.0 Å². The van der Waals surface area contributed by atoms with Crippen molar-refractivity contribution in [1.82, 2.24) is 0 Å². The van der Waals surface area contributed by atoms with E-state index in [1.165, 1.54) is 0 Å². The number of rotatable bonds is 7. The van der Waals surface area contributed by atoms with Crippen molar-refractivity contribution in [3.63, 3.8) is 0 Å². The third kappa shape index (κ3) is 4.91. The fraction of sp³-hybridized carbons (Fsp3) is 0.429. The van der Waals surface area contributed by atoms with E-state index in [1.54, 1.807) is 25.1 Å². The zero-order chi connectivity index (χ0) is 14.3. The van der Waals surface area contributed by atoms with E-state index >= 15 is 0 Å². The van der Waals surface area contributed by atoms with E-state index in [1.807, 2.05) is 6.92 Å². The van der Waals surface area contributed by atoms with Crippen molar-refractivity contribution in [1.29, 1.82) is 0 Å². The van der Waals surface area contributed by atoms with Crippen LogP contribution in [0.1, 0.15) is 29.8 Å². The van der Waals surface area contributed by atoms with Crippen LogP contribution in [0.25, 0.3) is 0 Å². The maximum atomic E-state index is 11.7. The maximum Gasteiger partial charge on any atom is 0.338 e. The molecule has 1 aromatic rings. The minimum absolute atomic E-state index is 0.0480. The number of carbonyl (C=O) groups is 2. The summed E-state index contributed by atoms with van der Waals surface area (Å²) in [6, 6.07) is 4.97. The van der Waals surface area contributed by atoms with Crippen LogP contribution in [0.2, 0.25) is 0 Å². The first-order valence-electron chi connectivity index (χ1n) is 6.12. The fourth-order valence-corrected chi connectivity index (χ4v) is 1.71. The molecule has 0 fully saturated rings. The minimum Gasteiger partial charge on any atom is -0.494 e. The highest BCUT2D eigenvalue weighted by atomic mass is 35.5. The van der Waals surface area contributed by atoms with Gasteiger partial charge in [0.25, 0.3) is 0 Å². The lowest BCUT2D eigenvalue weighted by molar-refractivity contribution is -0.116. The molecule has 0 aliphatic carbocycles. The molecule has 1 aromatic carbocycles. The minimum atomic E-state index is -0.427. The van der Waals surface area contributed by atoms with Crippen LogP contribution in [0.3, 0.4) is 0 Å². The average Bonchev–Trinajstić information content (AvgIpc) is 2.39. The molecule has 4 nitrogen and oxygen atoms in total. The van der Waals surface area contributed by atoms with Crippen LogP contribution in [0, 0.1) is 0 Å². The third-order valence-corrected chi connectivity index (χ3v) is 2.64. The normalized spacial score (nSPS) is 10.1. The summed E-state index contributed by atoms with van der Waals surface area (Å²) in [4.78, 5) is 23.1. The molecule has 0 saturated heterocycles. The Bertz CT molecular complexity index is 457. The van der Waals surface area contributed by atoms with Crippen LogP contribution in [-0.4, -0.2) is 30.8 Å². The molecule has 0 atom stereocenters. The van der Waals surface area contributed by atoms with Crippen molar-refractivity contribution in [3.05, 3.63) is 29.3 Å². The van der Waals surface area contributed by atoms with Gasteiger partial charge in [0, 0.05) is 6.42 Å². The Hall–Kier alpha value is -1.55. The topological polar surface area (TPSA) is 52.6 Å². The second kappa shape index (κ2) is 7.79. The summed E-state index contributed by atoms with van der Waals surface area (Å²) in [7, 11) is 0. The van der Waals surface area contributed by atoms with E-state index in [0.717, 1.165) is 0 Å². The Balaban J connectivity index is 3.02. The van der Waals surface area contributed by atoms with Gasteiger partial charge in [0.05, 0.1) is 24.7 Å². The zero-order valence-corrected chi connectivity index (χ0v) is 11.8. The van der Waals surface area contributed by atoms with Crippen LogP contribution in [0.4, 0.5) is 0 Å². The molecule has 1 rings (SSSR count). The van der Waals surface area contributed by atoms with Crippen LogP contribution in [0.15, 0.2) is 18.2 Å². The molecular formula is C14H17ClO4. The average molecular weight is 285 g/mol. The molecule has 0 saturated carbocycles. The van der Waals surface area contributed by atoms with Crippen molar-refractivity contribution in [2.24, 2.45) is 0 Å². The van der Waals surface area contributed by atoms with Gasteiger partial charge in [-0.2, -0.15) is 0 Å². The summed E-state index contributed by atoms with van der Waals surface area (Å²) in [5, 5.41) is 0. The second-order valence-electron chi connectivity index (χ2n) is 3.87. The van der Waals surface area contributed by atoms with Gasteiger partial charge in [0.1, 0.15) is 5.75 Å². The van der Waals surface area contributed by atoms with Gasteiger partial charge < -0.3 is 9.47 Å². The van der Waals surface area contributed by atoms with Crippen molar-refractivity contribution in [2.75, 3.05) is 19.1 Å². The van der Waals surface area contributed by atoms with Gasteiger partial charge in [0.2, 0.25) is 0 Å². The van der Waals surface area contributed by atoms with Crippen molar-refractivity contribution < 1.29 is 19.1 Å². The van der Waals surface area contributed by atoms with Crippen LogP contribution in [0.5, 0.6) is 5.75 Å². The standard InChI is InChI=1S/C14H17ClO4/c1-3-18-13-7-10(6-12(16)9-15)5-11(8-13)14(17)19-4-2/h5,7-8H,3-4,6,9H2,1-2H3. The lowest BCUT2D eigenvalue weighted by atomic mass is 10.1. The first-order valence-corrected chi connectivity index (χ1v) is 6.65. The molecule has 0 heterocycles. The molecule has 0 N–H and O–H groups in total. The number of hydrogen-bond acceptors (Lipinski definition) is 4. The van der Waals surface area contributed by atoms with E-state index in [2.05, 4.69) is 0 Å². The van der Waals surface area contributed by atoms with Gasteiger partial charge in [0.15, 0.2) is 5.78 Å². The molecule has 0 radical (unpaired) electrons. The molecule has 0 unspecified atom stereocenters. The number of Topliss-reactive ketones (excluding diaryl/α,β-unsaturated/α-hetero) is 1. The molecule has 0 bridgehead atoms. The van der Waals surface area contributed by atoms with Crippen molar-refractivity contribution in [3.8, 4) is 5.75 Å². The lowest BCUT2D eigenvalue weighted by Crippen LogP contribution is -2.09. The van der Waals surface area contributed by atoms with Gasteiger partial charge in [-0.3, -0.25) is 4.79 Å².